The van der Waals surface area contributed by atoms with Gasteiger partial charge in [0.05, 0.1) is 39.2 Å². The Hall–Kier alpha value is -3.43. The molecule has 174 valence electrons. The van der Waals surface area contributed by atoms with Crippen LogP contribution in [0.4, 0.5) is 4.39 Å². The number of carbonyl (C=O) groups excluding carboxylic acids is 1. The predicted molar refractivity (Wildman–Crippen MR) is 121 cm³/mol. The molecule has 1 N–H and O–H groups in total. The maximum Gasteiger partial charge on any atom is 0.271 e. The van der Waals surface area contributed by atoms with Gasteiger partial charge in [0.2, 0.25) is 0 Å². The largest absolute Gasteiger partial charge is 0.493 e. The molecule has 1 unspecified atom stereocenters. The molecule has 2 aromatic carbocycles. The minimum absolute atomic E-state index is 0.0806. The first kappa shape index (κ1) is 22.8. The van der Waals surface area contributed by atoms with Crippen LogP contribution in [0.2, 0.25) is 0 Å². The number of ether oxygens (including phenoxy) is 3. The van der Waals surface area contributed by atoms with Gasteiger partial charge in [-0.05, 0) is 42.0 Å². The van der Waals surface area contributed by atoms with E-state index in [2.05, 4.69) is 15.3 Å². The summed E-state index contributed by atoms with van der Waals surface area (Å²) in [6, 6.07) is 13.4. The van der Waals surface area contributed by atoms with Crippen LogP contribution in [-0.4, -0.2) is 67.7 Å². The van der Waals surface area contributed by atoms with E-state index in [9.17, 15) is 9.18 Å². The fourth-order valence-electron chi connectivity index (χ4n) is 3.89. The minimum Gasteiger partial charge on any atom is -0.493 e. The van der Waals surface area contributed by atoms with E-state index in [4.69, 9.17) is 14.2 Å². The van der Waals surface area contributed by atoms with E-state index in [0.29, 0.717) is 36.9 Å². The molecule has 0 aliphatic carbocycles. The van der Waals surface area contributed by atoms with E-state index in [1.807, 2.05) is 18.2 Å². The van der Waals surface area contributed by atoms with Crippen LogP contribution in [0.1, 0.15) is 22.1 Å². The fourth-order valence-corrected chi connectivity index (χ4v) is 3.89. The standard InChI is InChI=1S/C24H27FN4O4/c1-31-22-7-6-17(14-23(22)32-2)21(28-10-12-33-13-11-28)16-26-24(30)20-8-9-29(27-20)19-5-3-4-18(25)15-19/h3-9,14-15,21H,10-13,16H2,1-2H3,(H,26,30). The van der Waals surface area contributed by atoms with Crippen LogP contribution in [0.3, 0.4) is 0 Å². The van der Waals surface area contributed by atoms with Crippen molar-refractivity contribution in [2.75, 3.05) is 47.1 Å². The molecule has 33 heavy (non-hydrogen) atoms. The molecule has 1 aliphatic heterocycles. The zero-order valence-corrected chi connectivity index (χ0v) is 18.7. The zero-order valence-electron chi connectivity index (χ0n) is 18.7. The number of hydrogen-bond donors (Lipinski definition) is 1. The first-order valence-corrected chi connectivity index (χ1v) is 10.7. The van der Waals surface area contributed by atoms with Gasteiger partial charge in [0.25, 0.3) is 5.91 Å². The van der Waals surface area contributed by atoms with Gasteiger partial charge < -0.3 is 19.5 Å². The highest BCUT2D eigenvalue weighted by Crippen LogP contribution is 2.32. The summed E-state index contributed by atoms with van der Waals surface area (Å²) in [5.41, 5.74) is 1.80. The molecular formula is C24H27FN4O4. The number of aromatic nitrogens is 2. The molecule has 1 aliphatic rings. The summed E-state index contributed by atoms with van der Waals surface area (Å²) in [5, 5.41) is 7.30. The van der Waals surface area contributed by atoms with Gasteiger partial charge in [-0.1, -0.05) is 12.1 Å². The molecule has 9 heteroatoms. The van der Waals surface area contributed by atoms with E-state index in [-0.39, 0.29) is 23.5 Å². The maximum absolute atomic E-state index is 13.5. The van der Waals surface area contributed by atoms with Crippen LogP contribution in [0.25, 0.3) is 5.69 Å². The summed E-state index contributed by atoms with van der Waals surface area (Å²) >= 11 is 0. The Morgan fingerprint density at radius 2 is 1.91 bits per heavy atom. The van der Waals surface area contributed by atoms with Crippen molar-refractivity contribution in [2.45, 2.75) is 6.04 Å². The smallest absolute Gasteiger partial charge is 0.271 e. The van der Waals surface area contributed by atoms with Crippen LogP contribution in [0.5, 0.6) is 11.5 Å². The molecule has 1 amide bonds. The summed E-state index contributed by atoms with van der Waals surface area (Å²) in [6.45, 7) is 3.15. The van der Waals surface area contributed by atoms with Crippen molar-refractivity contribution in [3.05, 3.63) is 71.8 Å². The number of rotatable bonds is 8. The van der Waals surface area contributed by atoms with Gasteiger partial charge in [-0.25, -0.2) is 9.07 Å². The number of nitrogens with one attached hydrogen (secondary N) is 1. The van der Waals surface area contributed by atoms with Crippen LogP contribution in [0, 0.1) is 5.82 Å². The molecule has 0 spiro atoms. The second-order valence-electron chi connectivity index (χ2n) is 7.61. The summed E-state index contributed by atoms with van der Waals surface area (Å²) in [4.78, 5) is 15.1. The van der Waals surface area contributed by atoms with Crippen molar-refractivity contribution in [3.8, 4) is 17.2 Å². The van der Waals surface area contributed by atoms with Crippen molar-refractivity contribution < 1.29 is 23.4 Å². The number of amides is 1. The van der Waals surface area contributed by atoms with E-state index >= 15 is 0 Å². The molecule has 8 nitrogen and oxygen atoms in total. The molecule has 4 rings (SSSR count). The van der Waals surface area contributed by atoms with Crippen LogP contribution < -0.4 is 14.8 Å². The maximum atomic E-state index is 13.5. The molecule has 1 aromatic heterocycles. The third kappa shape index (κ3) is 5.32. The lowest BCUT2D eigenvalue weighted by Crippen LogP contribution is -2.43. The lowest BCUT2D eigenvalue weighted by atomic mass is 10.0. The highest BCUT2D eigenvalue weighted by molar-refractivity contribution is 5.92. The molecule has 0 radical (unpaired) electrons. The SMILES string of the molecule is COc1ccc(C(CNC(=O)c2ccn(-c3cccc(F)c3)n2)N2CCOCC2)cc1OC. The molecule has 1 atom stereocenters. The predicted octanol–water partition coefficient (Wildman–Crippen LogP) is 2.83. The molecule has 0 bridgehead atoms. The van der Waals surface area contributed by atoms with E-state index in [1.54, 1.807) is 38.6 Å². The summed E-state index contributed by atoms with van der Waals surface area (Å²) in [7, 11) is 3.20. The number of benzene rings is 2. The second kappa shape index (κ2) is 10.5. The van der Waals surface area contributed by atoms with Crippen molar-refractivity contribution in [1.29, 1.82) is 0 Å². The summed E-state index contributed by atoms with van der Waals surface area (Å²) in [5.74, 6) is 0.614. The van der Waals surface area contributed by atoms with Gasteiger partial charge in [0.1, 0.15) is 5.82 Å². The molecular weight excluding hydrogens is 427 g/mol. The zero-order chi connectivity index (χ0) is 23.2. The van der Waals surface area contributed by atoms with Crippen molar-refractivity contribution in [3.63, 3.8) is 0 Å². The quantitative estimate of drug-likeness (QED) is 0.564. The fraction of sp³-hybridized carbons (Fsp3) is 0.333. The molecule has 0 saturated carbocycles. The van der Waals surface area contributed by atoms with E-state index in [0.717, 1.165) is 18.7 Å². The number of nitrogens with zero attached hydrogens (tertiary/aromatic N) is 3. The second-order valence-corrected chi connectivity index (χ2v) is 7.61. The monoisotopic (exact) mass is 454 g/mol. The lowest BCUT2D eigenvalue weighted by Gasteiger charge is -2.35. The third-order valence-corrected chi connectivity index (χ3v) is 5.63. The van der Waals surface area contributed by atoms with Crippen molar-refractivity contribution in [1.82, 2.24) is 20.0 Å². The van der Waals surface area contributed by atoms with Crippen molar-refractivity contribution in [2.24, 2.45) is 0 Å². The van der Waals surface area contributed by atoms with Gasteiger partial charge in [-0.2, -0.15) is 5.10 Å². The van der Waals surface area contributed by atoms with Gasteiger partial charge in [0.15, 0.2) is 17.2 Å². The lowest BCUT2D eigenvalue weighted by molar-refractivity contribution is 0.0161. The Morgan fingerprint density at radius 3 is 2.64 bits per heavy atom. The number of methoxy groups -OCH3 is 2. The number of halogens is 1. The van der Waals surface area contributed by atoms with Crippen molar-refractivity contribution >= 4 is 5.91 Å². The Balaban J connectivity index is 1.51. The Labute approximate surface area is 191 Å². The van der Waals surface area contributed by atoms with E-state index < -0.39 is 0 Å². The molecule has 2 heterocycles. The first-order chi connectivity index (χ1) is 16.1. The van der Waals surface area contributed by atoms with Crippen LogP contribution in [0.15, 0.2) is 54.7 Å². The number of carbonyl (C=O) groups is 1. The van der Waals surface area contributed by atoms with Gasteiger partial charge in [0, 0.05) is 25.8 Å². The topological polar surface area (TPSA) is 77.9 Å². The first-order valence-electron chi connectivity index (χ1n) is 10.7. The average molecular weight is 455 g/mol. The van der Waals surface area contributed by atoms with Gasteiger partial charge in [-0.15, -0.1) is 0 Å². The normalized spacial score (nSPS) is 15.1. The average Bonchev–Trinajstić information content (AvgIpc) is 3.35. The van der Waals surface area contributed by atoms with Gasteiger partial charge >= 0.3 is 0 Å². The molecule has 1 fully saturated rings. The molecule has 1 saturated heterocycles. The summed E-state index contributed by atoms with van der Waals surface area (Å²) in [6.07, 6.45) is 1.64. The Morgan fingerprint density at radius 1 is 1.12 bits per heavy atom. The highest BCUT2D eigenvalue weighted by atomic mass is 19.1. The molecule has 3 aromatic rings. The Bertz CT molecular complexity index is 1100. The van der Waals surface area contributed by atoms with E-state index in [1.165, 1.54) is 16.8 Å². The van der Waals surface area contributed by atoms with Crippen LogP contribution in [-0.2, 0) is 4.74 Å². The number of hydrogen-bond acceptors (Lipinski definition) is 6. The Kier molecular flexibility index (Phi) is 7.21. The third-order valence-electron chi connectivity index (χ3n) is 5.63. The number of morpholine rings is 1. The minimum atomic E-state index is -0.364. The summed E-state index contributed by atoms with van der Waals surface area (Å²) < 4.78 is 31.3. The highest BCUT2D eigenvalue weighted by Gasteiger charge is 2.25. The van der Waals surface area contributed by atoms with Crippen LogP contribution >= 0.6 is 0 Å². The van der Waals surface area contributed by atoms with Gasteiger partial charge in [-0.3, -0.25) is 9.69 Å².